The molecule has 0 aliphatic rings. The molecule has 6 heteroatoms. The molecule has 0 aromatic heterocycles. The van der Waals surface area contributed by atoms with Crippen LogP contribution in [0.3, 0.4) is 0 Å². The zero-order chi connectivity index (χ0) is 23.8. The van der Waals surface area contributed by atoms with E-state index in [-0.39, 0.29) is 5.57 Å². The van der Waals surface area contributed by atoms with Crippen molar-refractivity contribution in [2.45, 2.75) is 20.5 Å². The third-order valence-electron chi connectivity index (χ3n) is 4.81. The molecule has 0 aliphatic carbocycles. The van der Waals surface area contributed by atoms with Crippen LogP contribution in [0.25, 0.3) is 6.08 Å². The van der Waals surface area contributed by atoms with Crippen molar-refractivity contribution < 1.29 is 19.1 Å². The molecule has 0 saturated carbocycles. The van der Waals surface area contributed by atoms with Crippen molar-refractivity contribution in [1.29, 1.82) is 5.26 Å². The monoisotopic (exact) mass is 440 g/mol. The Morgan fingerprint density at radius 3 is 2.18 bits per heavy atom. The molecule has 0 atom stereocenters. The molecule has 3 aromatic rings. The molecular weight excluding hydrogens is 416 g/mol. The summed E-state index contributed by atoms with van der Waals surface area (Å²) in [5.41, 5.74) is 4.96. The molecule has 0 heterocycles. The summed E-state index contributed by atoms with van der Waals surface area (Å²) in [5, 5.41) is 12.1. The summed E-state index contributed by atoms with van der Waals surface area (Å²) >= 11 is 0. The first-order valence-corrected chi connectivity index (χ1v) is 10.3. The van der Waals surface area contributed by atoms with Gasteiger partial charge in [-0.1, -0.05) is 41.5 Å². The minimum Gasteiger partial charge on any atom is -0.489 e. The van der Waals surface area contributed by atoms with Crippen molar-refractivity contribution in [3.63, 3.8) is 0 Å². The van der Waals surface area contributed by atoms with Crippen LogP contribution in [0, 0.1) is 25.2 Å². The third-order valence-corrected chi connectivity index (χ3v) is 4.81. The molecule has 1 N–H and O–H groups in total. The summed E-state index contributed by atoms with van der Waals surface area (Å²) in [7, 11) is 1.30. The predicted octanol–water partition coefficient (Wildman–Crippen LogP) is 5.21. The number of carbonyl (C=O) groups excluding carboxylic acids is 2. The van der Waals surface area contributed by atoms with E-state index in [1.54, 1.807) is 36.4 Å². The Morgan fingerprint density at radius 1 is 0.970 bits per heavy atom. The number of amides is 1. The third kappa shape index (κ3) is 6.55. The van der Waals surface area contributed by atoms with Gasteiger partial charge in [0.25, 0.3) is 5.91 Å². The highest BCUT2D eigenvalue weighted by Gasteiger charge is 2.11. The highest BCUT2D eigenvalue weighted by Crippen LogP contribution is 2.18. The minimum absolute atomic E-state index is 0.0454. The number of hydrogen-bond donors (Lipinski definition) is 1. The number of rotatable bonds is 7. The van der Waals surface area contributed by atoms with Gasteiger partial charge in [-0.25, -0.2) is 4.79 Å². The number of ether oxygens (including phenoxy) is 2. The van der Waals surface area contributed by atoms with Crippen LogP contribution in [-0.2, 0) is 16.1 Å². The molecule has 0 spiro atoms. The second-order valence-electron chi connectivity index (χ2n) is 7.55. The van der Waals surface area contributed by atoms with Gasteiger partial charge in [-0.05, 0) is 67.4 Å². The van der Waals surface area contributed by atoms with E-state index in [0.29, 0.717) is 29.2 Å². The maximum atomic E-state index is 12.5. The second kappa shape index (κ2) is 10.8. The van der Waals surface area contributed by atoms with E-state index in [1.807, 2.05) is 6.07 Å². The van der Waals surface area contributed by atoms with Crippen LogP contribution in [0.1, 0.15) is 32.6 Å². The maximum absolute atomic E-state index is 12.5. The number of anilines is 1. The maximum Gasteiger partial charge on any atom is 0.337 e. The lowest BCUT2D eigenvalue weighted by atomic mass is 10.1. The molecule has 0 bridgehead atoms. The smallest absolute Gasteiger partial charge is 0.337 e. The topological polar surface area (TPSA) is 88.4 Å². The largest absolute Gasteiger partial charge is 0.489 e. The summed E-state index contributed by atoms with van der Waals surface area (Å²) < 4.78 is 10.5. The molecular formula is C27H24N2O4. The van der Waals surface area contributed by atoms with Crippen molar-refractivity contribution in [2.75, 3.05) is 12.4 Å². The van der Waals surface area contributed by atoms with Crippen molar-refractivity contribution in [1.82, 2.24) is 0 Å². The highest BCUT2D eigenvalue weighted by atomic mass is 16.5. The SMILES string of the molecule is COC(=O)c1ccc(NC(=O)/C(C#N)=C/c2ccc(OCc3cc(C)cc(C)c3)cc2)cc1. The fraction of sp³-hybridized carbons (Fsp3) is 0.148. The number of hydrogen-bond acceptors (Lipinski definition) is 5. The molecule has 0 aliphatic heterocycles. The Hall–Kier alpha value is -4.37. The average molecular weight is 440 g/mol. The summed E-state index contributed by atoms with van der Waals surface area (Å²) in [6.07, 6.45) is 1.51. The van der Waals surface area contributed by atoms with E-state index >= 15 is 0 Å². The van der Waals surface area contributed by atoms with Gasteiger partial charge in [0.15, 0.2) is 0 Å². The van der Waals surface area contributed by atoms with Gasteiger partial charge in [-0.2, -0.15) is 5.26 Å². The van der Waals surface area contributed by atoms with Gasteiger partial charge >= 0.3 is 5.97 Å². The Bertz CT molecular complexity index is 1200. The Kier molecular flexibility index (Phi) is 7.61. The normalized spacial score (nSPS) is 10.8. The summed E-state index contributed by atoms with van der Waals surface area (Å²) in [6.45, 7) is 4.56. The van der Waals surface area contributed by atoms with Gasteiger partial charge in [0, 0.05) is 5.69 Å². The summed E-state index contributed by atoms with van der Waals surface area (Å²) in [6, 6.07) is 21.6. The Morgan fingerprint density at radius 2 is 1.61 bits per heavy atom. The number of aryl methyl sites for hydroxylation is 2. The van der Waals surface area contributed by atoms with Gasteiger partial charge in [0.1, 0.15) is 24.0 Å². The van der Waals surface area contributed by atoms with Gasteiger partial charge in [-0.15, -0.1) is 0 Å². The van der Waals surface area contributed by atoms with Crippen LogP contribution in [0.2, 0.25) is 0 Å². The standard InChI is InChI=1S/C27H24N2O4/c1-18-12-19(2)14-21(13-18)17-33-25-10-4-20(5-11-25)15-23(16-28)26(30)29-24-8-6-22(7-9-24)27(31)32-3/h4-15H,17H2,1-3H3,(H,29,30)/b23-15+. The molecule has 166 valence electrons. The van der Waals surface area contributed by atoms with Crippen LogP contribution in [0.4, 0.5) is 5.69 Å². The summed E-state index contributed by atoms with van der Waals surface area (Å²) in [4.78, 5) is 24.0. The van der Waals surface area contributed by atoms with Crippen LogP contribution < -0.4 is 10.1 Å². The highest BCUT2D eigenvalue weighted by molar-refractivity contribution is 6.09. The molecule has 0 saturated heterocycles. The lowest BCUT2D eigenvalue weighted by molar-refractivity contribution is -0.112. The number of methoxy groups -OCH3 is 1. The first kappa shape index (κ1) is 23.3. The van der Waals surface area contributed by atoms with Crippen LogP contribution in [0.15, 0.2) is 72.3 Å². The van der Waals surface area contributed by atoms with Crippen molar-refractivity contribution in [3.05, 3.63) is 100 Å². The number of nitrogens with zero attached hydrogens (tertiary/aromatic N) is 1. The zero-order valence-electron chi connectivity index (χ0n) is 18.7. The predicted molar refractivity (Wildman–Crippen MR) is 127 cm³/mol. The van der Waals surface area contributed by atoms with E-state index in [9.17, 15) is 14.9 Å². The number of nitriles is 1. The summed E-state index contributed by atoms with van der Waals surface area (Å²) in [5.74, 6) is -0.315. The van der Waals surface area contributed by atoms with E-state index < -0.39 is 11.9 Å². The van der Waals surface area contributed by atoms with Gasteiger partial charge in [0.05, 0.1) is 12.7 Å². The number of nitrogens with one attached hydrogen (secondary N) is 1. The van der Waals surface area contributed by atoms with E-state index in [1.165, 1.54) is 36.4 Å². The molecule has 0 unspecified atom stereocenters. The molecule has 3 aromatic carbocycles. The van der Waals surface area contributed by atoms with E-state index in [0.717, 1.165) is 5.56 Å². The van der Waals surface area contributed by atoms with Gasteiger partial charge < -0.3 is 14.8 Å². The van der Waals surface area contributed by atoms with Crippen molar-refractivity contribution >= 4 is 23.6 Å². The zero-order valence-corrected chi connectivity index (χ0v) is 18.7. The fourth-order valence-electron chi connectivity index (χ4n) is 3.30. The van der Waals surface area contributed by atoms with Gasteiger partial charge in [0.2, 0.25) is 0 Å². The molecule has 33 heavy (non-hydrogen) atoms. The quantitative estimate of drug-likeness (QED) is 0.309. The number of benzene rings is 3. The molecule has 0 radical (unpaired) electrons. The lowest BCUT2D eigenvalue weighted by Gasteiger charge is -2.09. The number of esters is 1. The minimum atomic E-state index is -0.543. The Balaban J connectivity index is 1.63. The van der Waals surface area contributed by atoms with Crippen LogP contribution in [-0.4, -0.2) is 19.0 Å². The lowest BCUT2D eigenvalue weighted by Crippen LogP contribution is -2.13. The van der Waals surface area contributed by atoms with E-state index in [4.69, 9.17) is 4.74 Å². The molecule has 1 amide bonds. The molecule has 6 nitrogen and oxygen atoms in total. The van der Waals surface area contributed by atoms with Crippen LogP contribution >= 0.6 is 0 Å². The average Bonchev–Trinajstić information content (AvgIpc) is 2.81. The molecule has 0 fully saturated rings. The van der Waals surface area contributed by atoms with Crippen LogP contribution in [0.5, 0.6) is 5.75 Å². The second-order valence-corrected chi connectivity index (χ2v) is 7.55. The van der Waals surface area contributed by atoms with Crippen molar-refractivity contribution in [3.8, 4) is 11.8 Å². The fourth-order valence-corrected chi connectivity index (χ4v) is 3.30. The first-order valence-electron chi connectivity index (χ1n) is 10.3. The Labute approximate surface area is 193 Å². The van der Waals surface area contributed by atoms with Gasteiger partial charge in [-0.3, -0.25) is 4.79 Å². The van der Waals surface area contributed by atoms with Crippen molar-refractivity contribution in [2.24, 2.45) is 0 Å². The molecule has 3 rings (SSSR count). The first-order chi connectivity index (χ1) is 15.9. The van der Waals surface area contributed by atoms with E-state index in [2.05, 4.69) is 42.1 Å². The number of carbonyl (C=O) groups is 2.